The lowest BCUT2D eigenvalue weighted by Crippen LogP contribution is -2.38. The number of rotatable bonds is 7. The van der Waals surface area contributed by atoms with Crippen LogP contribution in [0.4, 0.5) is 22.0 Å². The normalized spacial score (nSPS) is 24.0. The maximum atomic E-state index is 13.5. The van der Waals surface area contributed by atoms with Crippen molar-refractivity contribution in [1.82, 2.24) is 19.9 Å². The lowest BCUT2D eigenvalue weighted by atomic mass is 9.81. The number of nitrogens with zero attached hydrogens (tertiary/aromatic N) is 4. The van der Waals surface area contributed by atoms with E-state index in [2.05, 4.69) is 21.5 Å². The molecule has 3 aliphatic carbocycles. The second-order valence-corrected chi connectivity index (χ2v) is 10.7. The summed E-state index contributed by atoms with van der Waals surface area (Å²) in [4.78, 5) is 17.2. The molecule has 2 aromatic heterocycles. The molecule has 0 saturated heterocycles. The van der Waals surface area contributed by atoms with Crippen LogP contribution >= 0.6 is 0 Å². The Morgan fingerprint density at radius 1 is 1.22 bits per heavy atom. The minimum atomic E-state index is -4.45. The van der Waals surface area contributed by atoms with Crippen LogP contribution in [0.1, 0.15) is 81.1 Å². The molecule has 0 spiro atoms. The first-order valence-electron chi connectivity index (χ1n) is 12.1. The number of nitrogens with one attached hydrogen (secondary N) is 1. The van der Waals surface area contributed by atoms with Gasteiger partial charge in [0.05, 0.1) is 47.1 Å². The molecule has 0 aromatic carbocycles. The van der Waals surface area contributed by atoms with Gasteiger partial charge in [-0.1, -0.05) is 0 Å². The standard InChI is InChI=1S/C24H27F5N6O/c25-23(26)3-1-14(2-4-23)19(31)16-12-35-17(33-16)9-15(11-32-35)20(21(13-30)5-6-21)34-18(36)10-22(7-8-22)24(27,28)29/h9,11-12,14,19-20H,1-8,10,31H2,(H,34,36)/t19-,20?/m0/s1. The Balaban J connectivity index is 1.36. The summed E-state index contributed by atoms with van der Waals surface area (Å²) in [7, 11) is 0. The van der Waals surface area contributed by atoms with Crippen LogP contribution in [-0.2, 0) is 4.79 Å². The molecule has 5 rings (SSSR count). The zero-order valence-corrected chi connectivity index (χ0v) is 19.5. The summed E-state index contributed by atoms with van der Waals surface area (Å²) >= 11 is 0. The van der Waals surface area contributed by atoms with E-state index >= 15 is 0 Å². The molecule has 194 valence electrons. The quantitative estimate of drug-likeness (QED) is 0.523. The van der Waals surface area contributed by atoms with Crippen molar-refractivity contribution in [1.29, 1.82) is 5.26 Å². The van der Waals surface area contributed by atoms with E-state index in [1.807, 2.05) is 0 Å². The van der Waals surface area contributed by atoms with Crippen molar-refractivity contribution in [2.75, 3.05) is 0 Å². The number of hydrogen-bond acceptors (Lipinski definition) is 5. The van der Waals surface area contributed by atoms with E-state index in [-0.39, 0.29) is 31.6 Å². The number of aromatic nitrogens is 3. The zero-order chi connectivity index (χ0) is 25.9. The van der Waals surface area contributed by atoms with E-state index in [9.17, 15) is 32.0 Å². The fourth-order valence-electron chi connectivity index (χ4n) is 5.26. The van der Waals surface area contributed by atoms with Gasteiger partial charge in [0.25, 0.3) is 0 Å². The highest BCUT2D eigenvalue weighted by atomic mass is 19.4. The molecular formula is C24H27F5N6O. The van der Waals surface area contributed by atoms with Crippen molar-refractivity contribution >= 4 is 11.6 Å². The van der Waals surface area contributed by atoms with E-state index in [0.717, 1.165) is 0 Å². The maximum absolute atomic E-state index is 13.5. The Hall–Kier alpha value is -2.81. The highest BCUT2D eigenvalue weighted by Gasteiger charge is 2.64. The number of imidazole rings is 1. The molecule has 1 unspecified atom stereocenters. The number of carbonyl (C=O) groups is 1. The summed E-state index contributed by atoms with van der Waals surface area (Å²) < 4.78 is 68.6. The highest BCUT2D eigenvalue weighted by molar-refractivity contribution is 5.78. The van der Waals surface area contributed by atoms with E-state index < -0.39 is 47.3 Å². The Kier molecular flexibility index (Phi) is 5.78. The molecule has 3 fully saturated rings. The minimum Gasteiger partial charge on any atom is -0.348 e. The third-order valence-corrected chi connectivity index (χ3v) is 8.13. The molecule has 2 atom stereocenters. The first kappa shape index (κ1) is 24.9. The van der Waals surface area contributed by atoms with E-state index in [4.69, 9.17) is 5.73 Å². The molecule has 2 heterocycles. The Bertz CT molecular complexity index is 1200. The number of fused-ring (bicyclic) bond motifs is 1. The van der Waals surface area contributed by atoms with Gasteiger partial charge in [-0.05, 0) is 56.1 Å². The summed E-state index contributed by atoms with van der Waals surface area (Å²) in [6, 6.07) is 2.47. The third kappa shape index (κ3) is 4.53. The SMILES string of the molecule is N#CC1(C(NC(=O)CC2(C(F)(F)F)CC2)c2cnn3cc([C@@H](N)C4CCC(F)(F)CC4)nc3c2)CC1. The second kappa shape index (κ2) is 8.36. The van der Waals surface area contributed by atoms with E-state index in [1.54, 1.807) is 12.3 Å². The third-order valence-electron chi connectivity index (χ3n) is 8.13. The Morgan fingerprint density at radius 3 is 2.44 bits per heavy atom. The first-order chi connectivity index (χ1) is 16.9. The lowest BCUT2D eigenvalue weighted by Gasteiger charge is -2.31. The summed E-state index contributed by atoms with van der Waals surface area (Å²) in [5.41, 5.74) is 4.81. The number of nitrogens with two attached hydrogens (primary N) is 1. The highest BCUT2D eigenvalue weighted by Crippen LogP contribution is 2.60. The van der Waals surface area contributed by atoms with Gasteiger partial charge in [-0.2, -0.15) is 23.5 Å². The van der Waals surface area contributed by atoms with Gasteiger partial charge in [0.2, 0.25) is 11.8 Å². The van der Waals surface area contributed by atoms with Crippen LogP contribution in [0.2, 0.25) is 0 Å². The summed E-state index contributed by atoms with van der Waals surface area (Å²) in [6.45, 7) is 0. The predicted octanol–water partition coefficient (Wildman–Crippen LogP) is 4.75. The van der Waals surface area contributed by atoms with Gasteiger partial charge in [0, 0.05) is 19.3 Å². The lowest BCUT2D eigenvalue weighted by molar-refractivity contribution is -0.190. The fourth-order valence-corrected chi connectivity index (χ4v) is 5.26. The predicted molar refractivity (Wildman–Crippen MR) is 117 cm³/mol. The van der Waals surface area contributed by atoms with Gasteiger partial charge in [0.1, 0.15) is 0 Å². The summed E-state index contributed by atoms with van der Waals surface area (Å²) in [5, 5.41) is 16.7. The van der Waals surface area contributed by atoms with Crippen molar-refractivity contribution in [3.05, 3.63) is 29.7 Å². The van der Waals surface area contributed by atoms with Gasteiger partial charge in [-0.3, -0.25) is 4.79 Å². The van der Waals surface area contributed by atoms with Gasteiger partial charge < -0.3 is 11.1 Å². The first-order valence-corrected chi connectivity index (χ1v) is 12.1. The molecule has 3 saturated carbocycles. The van der Waals surface area contributed by atoms with Crippen molar-refractivity contribution < 1.29 is 26.7 Å². The molecule has 3 N–H and O–H groups in total. The largest absolute Gasteiger partial charge is 0.395 e. The van der Waals surface area contributed by atoms with Gasteiger partial charge >= 0.3 is 6.18 Å². The molecule has 0 radical (unpaired) electrons. The maximum Gasteiger partial charge on any atom is 0.395 e. The molecule has 1 amide bonds. The molecular weight excluding hydrogens is 483 g/mol. The van der Waals surface area contributed by atoms with Crippen LogP contribution in [0.5, 0.6) is 0 Å². The number of carbonyl (C=O) groups excluding carboxylic acids is 1. The van der Waals surface area contributed by atoms with E-state index in [1.165, 1.54) is 10.7 Å². The molecule has 0 aliphatic heterocycles. The average Bonchev–Trinajstić information content (AvgIpc) is 3.73. The average molecular weight is 511 g/mol. The van der Waals surface area contributed by atoms with Crippen LogP contribution in [0, 0.1) is 28.1 Å². The monoisotopic (exact) mass is 510 g/mol. The van der Waals surface area contributed by atoms with Gasteiger partial charge in [-0.25, -0.2) is 18.3 Å². The van der Waals surface area contributed by atoms with Crippen molar-refractivity contribution in [3.8, 4) is 6.07 Å². The Labute approximate surface area is 204 Å². The van der Waals surface area contributed by atoms with Crippen LogP contribution in [0.3, 0.4) is 0 Å². The van der Waals surface area contributed by atoms with E-state index in [0.29, 0.717) is 42.6 Å². The van der Waals surface area contributed by atoms with Crippen LogP contribution in [0.15, 0.2) is 18.5 Å². The summed E-state index contributed by atoms with van der Waals surface area (Å²) in [5.74, 6) is -3.56. The molecule has 7 nitrogen and oxygen atoms in total. The summed E-state index contributed by atoms with van der Waals surface area (Å²) in [6.07, 6.45) is -1.05. The molecule has 2 aromatic rings. The number of alkyl halides is 5. The van der Waals surface area contributed by atoms with Crippen LogP contribution in [-0.4, -0.2) is 32.6 Å². The second-order valence-electron chi connectivity index (χ2n) is 10.7. The zero-order valence-electron chi connectivity index (χ0n) is 19.5. The van der Waals surface area contributed by atoms with Gasteiger partial charge in [-0.15, -0.1) is 0 Å². The number of halogens is 5. The number of amides is 1. The minimum absolute atomic E-state index is 0.0821. The van der Waals surface area contributed by atoms with Crippen LogP contribution in [0.25, 0.3) is 5.65 Å². The molecule has 36 heavy (non-hydrogen) atoms. The molecule has 12 heteroatoms. The Morgan fingerprint density at radius 2 is 1.89 bits per heavy atom. The van der Waals surface area contributed by atoms with Crippen molar-refractivity contribution in [3.63, 3.8) is 0 Å². The number of hydrogen-bond donors (Lipinski definition) is 2. The van der Waals surface area contributed by atoms with Crippen LogP contribution < -0.4 is 11.1 Å². The fraction of sp³-hybridized carbons (Fsp3) is 0.667. The number of nitriles is 1. The smallest absolute Gasteiger partial charge is 0.348 e. The van der Waals surface area contributed by atoms with Gasteiger partial charge in [0.15, 0.2) is 5.65 Å². The van der Waals surface area contributed by atoms with Crippen molar-refractivity contribution in [2.24, 2.45) is 22.5 Å². The molecule has 0 bridgehead atoms. The van der Waals surface area contributed by atoms with Crippen molar-refractivity contribution in [2.45, 2.75) is 82.0 Å². The topological polar surface area (TPSA) is 109 Å². The molecule has 3 aliphatic rings.